The number of aryl methyl sites for hydroxylation is 2. The quantitative estimate of drug-likeness (QED) is 0.745. The van der Waals surface area contributed by atoms with Crippen molar-refractivity contribution in [2.24, 2.45) is 0 Å². The largest absolute Gasteiger partial charge is 0.383 e. The smallest absolute Gasteiger partial charge is 0.0587 e. The standard InChI is InChI=1S/C14H23NO/c1-11-5-6-14(12(2)9-11)10-13(3)15-7-8-16-4/h5-6,9,13,15H,7-8,10H2,1-4H3. The first kappa shape index (κ1) is 13.2. The van der Waals surface area contributed by atoms with Gasteiger partial charge in [0.05, 0.1) is 6.61 Å². The van der Waals surface area contributed by atoms with Crippen LogP contribution in [0.4, 0.5) is 0 Å². The highest BCUT2D eigenvalue weighted by Crippen LogP contribution is 2.12. The van der Waals surface area contributed by atoms with Crippen molar-refractivity contribution < 1.29 is 4.74 Å². The molecule has 0 saturated carbocycles. The Hall–Kier alpha value is -0.860. The van der Waals surface area contributed by atoms with Gasteiger partial charge in [0.25, 0.3) is 0 Å². The van der Waals surface area contributed by atoms with Crippen LogP contribution < -0.4 is 5.32 Å². The second-order valence-corrected chi connectivity index (χ2v) is 4.48. The molecule has 1 atom stereocenters. The van der Waals surface area contributed by atoms with Crippen LogP contribution in [0.5, 0.6) is 0 Å². The van der Waals surface area contributed by atoms with Crippen LogP contribution in [0, 0.1) is 13.8 Å². The molecule has 1 N–H and O–H groups in total. The first-order valence-corrected chi connectivity index (χ1v) is 5.92. The molecule has 1 rings (SSSR count). The Morgan fingerprint density at radius 2 is 2.06 bits per heavy atom. The second kappa shape index (κ2) is 6.66. The molecule has 0 bridgehead atoms. The van der Waals surface area contributed by atoms with Gasteiger partial charge in [0.15, 0.2) is 0 Å². The Balaban J connectivity index is 2.46. The Labute approximate surface area is 99.0 Å². The molecule has 0 heterocycles. The van der Waals surface area contributed by atoms with E-state index in [1.807, 2.05) is 0 Å². The molecule has 2 heteroatoms. The van der Waals surface area contributed by atoms with Crippen molar-refractivity contribution >= 4 is 0 Å². The second-order valence-electron chi connectivity index (χ2n) is 4.48. The average Bonchev–Trinajstić information content (AvgIpc) is 2.23. The molecule has 0 aliphatic rings. The normalized spacial score (nSPS) is 12.8. The minimum absolute atomic E-state index is 0.497. The lowest BCUT2D eigenvalue weighted by atomic mass is 10.00. The molecule has 0 spiro atoms. The van der Waals surface area contributed by atoms with Crippen molar-refractivity contribution in [2.45, 2.75) is 33.2 Å². The summed E-state index contributed by atoms with van der Waals surface area (Å²) in [5.74, 6) is 0. The van der Waals surface area contributed by atoms with Gasteiger partial charge in [0, 0.05) is 19.7 Å². The number of methoxy groups -OCH3 is 1. The molecule has 16 heavy (non-hydrogen) atoms. The fraction of sp³-hybridized carbons (Fsp3) is 0.571. The van der Waals surface area contributed by atoms with E-state index in [0.717, 1.165) is 19.6 Å². The number of benzene rings is 1. The number of hydrogen-bond donors (Lipinski definition) is 1. The lowest BCUT2D eigenvalue weighted by Crippen LogP contribution is -2.31. The fourth-order valence-corrected chi connectivity index (χ4v) is 1.88. The van der Waals surface area contributed by atoms with Gasteiger partial charge in [-0.1, -0.05) is 23.8 Å². The zero-order valence-electron chi connectivity index (χ0n) is 10.8. The first-order chi connectivity index (χ1) is 7.63. The third-order valence-corrected chi connectivity index (χ3v) is 2.82. The van der Waals surface area contributed by atoms with E-state index in [1.165, 1.54) is 16.7 Å². The van der Waals surface area contributed by atoms with Crippen LogP contribution in [0.15, 0.2) is 18.2 Å². The molecule has 0 fully saturated rings. The molecule has 1 aromatic carbocycles. The summed E-state index contributed by atoms with van der Waals surface area (Å²) in [5.41, 5.74) is 4.16. The third kappa shape index (κ3) is 4.33. The molecule has 0 aromatic heterocycles. The lowest BCUT2D eigenvalue weighted by Gasteiger charge is -2.15. The highest BCUT2D eigenvalue weighted by atomic mass is 16.5. The van der Waals surface area contributed by atoms with Crippen molar-refractivity contribution in [1.82, 2.24) is 5.32 Å². The van der Waals surface area contributed by atoms with E-state index in [2.05, 4.69) is 44.3 Å². The zero-order chi connectivity index (χ0) is 12.0. The average molecular weight is 221 g/mol. The Kier molecular flexibility index (Phi) is 5.50. The molecule has 1 aromatic rings. The topological polar surface area (TPSA) is 21.3 Å². The van der Waals surface area contributed by atoms with Gasteiger partial charge < -0.3 is 10.1 Å². The van der Waals surface area contributed by atoms with Gasteiger partial charge in [-0.15, -0.1) is 0 Å². The number of hydrogen-bond acceptors (Lipinski definition) is 2. The number of rotatable bonds is 6. The maximum Gasteiger partial charge on any atom is 0.0587 e. The van der Waals surface area contributed by atoms with Crippen molar-refractivity contribution in [3.8, 4) is 0 Å². The van der Waals surface area contributed by atoms with Crippen LogP contribution >= 0.6 is 0 Å². The molecular formula is C14H23NO. The predicted molar refractivity (Wildman–Crippen MR) is 69.0 cm³/mol. The molecule has 1 unspecified atom stereocenters. The van der Waals surface area contributed by atoms with Crippen molar-refractivity contribution in [1.29, 1.82) is 0 Å². The Morgan fingerprint density at radius 3 is 2.69 bits per heavy atom. The van der Waals surface area contributed by atoms with E-state index in [4.69, 9.17) is 4.74 Å². The summed E-state index contributed by atoms with van der Waals surface area (Å²) in [4.78, 5) is 0. The molecular weight excluding hydrogens is 198 g/mol. The van der Waals surface area contributed by atoms with Crippen molar-refractivity contribution in [2.75, 3.05) is 20.3 Å². The Morgan fingerprint density at radius 1 is 1.31 bits per heavy atom. The number of ether oxygens (including phenoxy) is 1. The van der Waals surface area contributed by atoms with Crippen LogP contribution in [0.2, 0.25) is 0 Å². The van der Waals surface area contributed by atoms with E-state index in [0.29, 0.717) is 6.04 Å². The third-order valence-electron chi connectivity index (χ3n) is 2.82. The van der Waals surface area contributed by atoms with E-state index >= 15 is 0 Å². The summed E-state index contributed by atoms with van der Waals surface area (Å²) in [5, 5.41) is 3.45. The minimum atomic E-state index is 0.497. The Bertz CT molecular complexity index is 323. The van der Waals surface area contributed by atoms with Gasteiger partial charge in [0.1, 0.15) is 0 Å². The summed E-state index contributed by atoms with van der Waals surface area (Å²) in [6.07, 6.45) is 1.08. The van der Waals surface area contributed by atoms with Crippen molar-refractivity contribution in [3.63, 3.8) is 0 Å². The van der Waals surface area contributed by atoms with Crippen LogP contribution in [-0.2, 0) is 11.2 Å². The minimum Gasteiger partial charge on any atom is -0.383 e. The summed E-state index contributed by atoms with van der Waals surface area (Å²) >= 11 is 0. The number of nitrogens with one attached hydrogen (secondary N) is 1. The van der Waals surface area contributed by atoms with E-state index in [9.17, 15) is 0 Å². The van der Waals surface area contributed by atoms with Gasteiger partial charge in [0.2, 0.25) is 0 Å². The predicted octanol–water partition coefficient (Wildman–Crippen LogP) is 2.47. The first-order valence-electron chi connectivity index (χ1n) is 5.92. The zero-order valence-corrected chi connectivity index (χ0v) is 10.8. The van der Waals surface area contributed by atoms with Gasteiger partial charge in [-0.3, -0.25) is 0 Å². The summed E-state index contributed by atoms with van der Waals surface area (Å²) < 4.78 is 5.02. The van der Waals surface area contributed by atoms with Crippen molar-refractivity contribution in [3.05, 3.63) is 34.9 Å². The van der Waals surface area contributed by atoms with Crippen LogP contribution in [0.25, 0.3) is 0 Å². The SMILES string of the molecule is COCCNC(C)Cc1ccc(C)cc1C. The molecule has 0 aliphatic carbocycles. The molecule has 90 valence electrons. The van der Waals surface area contributed by atoms with Crippen LogP contribution in [0.3, 0.4) is 0 Å². The highest BCUT2D eigenvalue weighted by Gasteiger charge is 2.05. The molecule has 0 saturated heterocycles. The highest BCUT2D eigenvalue weighted by molar-refractivity contribution is 5.30. The van der Waals surface area contributed by atoms with E-state index in [-0.39, 0.29) is 0 Å². The van der Waals surface area contributed by atoms with Crippen LogP contribution in [-0.4, -0.2) is 26.3 Å². The molecule has 0 radical (unpaired) electrons. The van der Waals surface area contributed by atoms with Crippen LogP contribution in [0.1, 0.15) is 23.6 Å². The van der Waals surface area contributed by atoms with Gasteiger partial charge in [-0.05, 0) is 38.3 Å². The molecule has 0 aliphatic heterocycles. The van der Waals surface area contributed by atoms with Gasteiger partial charge >= 0.3 is 0 Å². The maximum absolute atomic E-state index is 5.02. The van der Waals surface area contributed by atoms with E-state index in [1.54, 1.807) is 7.11 Å². The maximum atomic E-state index is 5.02. The summed E-state index contributed by atoms with van der Waals surface area (Å²) in [6.45, 7) is 8.23. The van der Waals surface area contributed by atoms with E-state index < -0.39 is 0 Å². The summed E-state index contributed by atoms with van der Waals surface area (Å²) in [6, 6.07) is 7.16. The molecule has 2 nitrogen and oxygen atoms in total. The summed E-state index contributed by atoms with van der Waals surface area (Å²) in [7, 11) is 1.73. The fourth-order valence-electron chi connectivity index (χ4n) is 1.88. The van der Waals surface area contributed by atoms with Gasteiger partial charge in [-0.2, -0.15) is 0 Å². The monoisotopic (exact) mass is 221 g/mol. The lowest BCUT2D eigenvalue weighted by molar-refractivity contribution is 0.196. The van der Waals surface area contributed by atoms with Gasteiger partial charge in [-0.25, -0.2) is 0 Å². The molecule has 0 amide bonds.